The van der Waals surface area contributed by atoms with Gasteiger partial charge in [0.2, 0.25) is 0 Å². The number of Topliss-reactive ketones (excluding diaryl/α,β-unsaturated/α-hetero) is 2. The first kappa shape index (κ1) is 22.1. The van der Waals surface area contributed by atoms with Gasteiger partial charge < -0.3 is 14.6 Å². The lowest BCUT2D eigenvalue weighted by molar-refractivity contribution is -0.122. The summed E-state index contributed by atoms with van der Waals surface area (Å²) in [5.41, 5.74) is 0. The standard InChI is InChI=1S/C17H31FO5/c1-14(2)17(21)8-7-15(18)13-23-11-5-10-22-9-4-3-6-16(20)12-19/h14-15,19H,3-13H2,1-2H3. The molecule has 6 heteroatoms. The maximum atomic E-state index is 13.5. The zero-order chi connectivity index (χ0) is 17.5. The molecular weight excluding hydrogens is 303 g/mol. The van der Waals surface area contributed by atoms with Crippen molar-refractivity contribution >= 4 is 11.6 Å². The van der Waals surface area contributed by atoms with Crippen LogP contribution in [0.15, 0.2) is 0 Å². The zero-order valence-electron chi connectivity index (χ0n) is 14.4. The molecule has 0 aliphatic carbocycles. The van der Waals surface area contributed by atoms with Crippen LogP contribution in [0.5, 0.6) is 0 Å². The predicted molar refractivity (Wildman–Crippen MR) is 86.2 cm³/mol. The maximum absolute atomic E-state index is 13.5. The van der Waals surface area contributed by atoms with E-state index in [9.17, 15) is 14.0 Å². The van der Waals surface area contributed by atoms with Gasteiger partial charge in [-0.15, -0.1) is 0 Å². The van der Waals surface area contributed by atoms with E-state index >= 15 is 0 Å². The second kappa shape index (κ2) is 14.7. The van der Waals surface area contributed by atoms with Gasteiger partial charge in [-0.2, -0.15) is 0 Å². The van der Waals surface area contributed by atoms with E-state index in [1.807, 2.05) is 13.8 Å². The minimum atomic E-state index is -1.09. The molecule has 0 rings (SSSR count). The fraction of sp³-hybridized carbons (Fsp3) is 0.882. The molecule has 0 bridgehead atoms. The van der Waals surface area contributed by atoms with Crippen LogP contribution >= 0.6 is 0 Å². The molecule has 1 unspecified atom stereocenters. The molecule has 0 aliphatic heterocycles. The van der Waals surface area contributed by atoms with Gasteiger partial charge in [-0.3, -0.25) is 9.59 Å². The molecule has 1 N–H and O–H groups in total. The van der Waals surface area contributed by atoms with Crippen LogP contribution in [0.25, 0.3) is 0 Å². The topological polar surface area (TPSA) is 72.8 Å². The Bertz CT molecular complexity index is 320. The first-order valence-electron chi connectivity index (χ1n) is 8.42. The van der Waals surface area contributed by atoms with Crippen molar-refractivity contribution in [2.24, 2.45) is 5.92 Å². The van der Waals surface area contributed by atoms with E-state index in [1.54, 1.807) is 0 Å². The summed E-state index contributed by atoms with van der Waals surface area (Å²) < 4.78 is 24.1. The van der Waals surface area contributed by atoms with Crippen molar-refractivity contribution in [2.45, 2.75) is 58.5 Å². The quantitative estimate of drug-likeness (QED) is 0.439. The number of hydrogen-bond acceptors (Lipinski definition) is 5. The Morgan fingerprint density at radius 3 is 2.30 bits per heavy atom. The summed E-state index contributed by atoms with van der Waals surface area (Å²) in [6.07, 6.45) is 1.97. The van der Waals surface area contributed by atoms with E-state index in [0.29, 0.717) is 39.1 Å². The van der Waals surface area contributed by atoms with Gasteiger partial charge in [-0.1, -0.05) is 13.8 Å². The summed E-state index contributed by atoms with van der Waals surface area (Å²) in [5.74, 6) is -0.0990. The number of halogens is 1. The molecule has 0 aromatic heterocycles. The Labute approximate surface area is 138 Å². The van der Waals surface area contributed by atoms with Crippen LogP contribution in [0.3, 0.4) is 0 Å². The van der Waals surface area contributed by atoms with Crippen LogP contribution < -0.4 is 0 Å². The van der Waals surface area contributed by atoms with Crippen molar-refractivity contribution in [1.29, 1.82) is 0 Å². The van der Waals surface area contributed by atoms with Crippen molar-refractivity contribution in [3.63, 3.8) is 0 Å². The minimum absolute atomic E-state index is 0.0225. The van der Waals surface area contributed by atoms with Crippen molar-refractivity contribution in [3.05, 3.63) is 0 Å². The normalized spacial score (nSPS) is 12.6. The van der Waals surface area contributed by atoms with Gasteiger partial charge in [0.25, 0.3) is 0 Å². The first-order valence-corrected chi connectivity index (χ1v) is 8.42. The number of rotatable bonds is 16. The van der Waals surface area contributed by atoms with Crippen LogP contribution in [0.4, 0.5) is 4.39 Å². The monoisotopic (exact) mass is 334 g/mol. The molecule has 5 nitrogen and oxygen atoms in total. The number of aliphatic hydroxyl groups is 1. The van der Waals surface area contributed by atoms with Gasteiger partial charge in [0.1, 0.15) is 18.6 Å². The molecule has 0 saturated carbocycles. The Hall–Kier alpha value is -0.850. The highest BCUT2D eigenvalue weighted by atomic mass is 19.1. The number of aliphatic hydroxyl groups excluding tert-OH is 1. The van der Waals surface area contributed by atoms with Gasteiger partial charge in [0, 0.05) is 38.6 Å². The second-order valence-electron chi connectivity index (χ2n) is 5.95. The smallest absolute Gasteiger partial charge is 0.158 e. The number of ketones is 2. The molecular formula is C17H31FO5. The third kappa shape index (κ3) is 14.5. The summed E-state index contributed by atoms with van der Waals surface area (Å²) in [5, 5.41) is 8.54. The maximum Gasteiger partial charge on any atom is 0.158 e. The summed E-state index contributed by atoms with van der Waals surface area (Å²) in [7, 11) is 0. The molecule has 0 heterocycles. The van der Waals surface area contributed by atoms with E-state index < -0.39 is 6.17 Å². The lowest BCUT2D eigenvalue weighted by atomic mass is 10.0. The van der Waals surface area contributed by atoms with Gasteiger partial charge in [-0.25, -0.2) is 4.39 Å². The van der Waals surface area contributed by atoms with Crippen LogP contribution in [0.1, 0.15) is 52.4 Å². The lowest BCUT2D eigenvalue weighted by Gasteiger charge is -2.10. The third-order valence-corrected chi connectivity index (χ3v) is 3.39. The Morgan fingerprint density at radius 2 is 1.65 bits per heavy atom. The molecule has 0 radical (unpaired) electrons. The van der Waals surface area contributed by atoms with Crippen molar-refractivity contribution in [1.82, 2.24) is 0 Å². The molecule has 0 saturated heterocycles. The summed E-state index contributed by atoms with van der Waals surface area (Å²) in [6, 6.07) is 0. The van der Waals surface area contributed by atoms with Gasteiger partial charge in [-0.05, 0) is 25.7 Å². The highest BCUT2D eigenvalue weighted by Gasteiger charge is 2.12. The van der Waals surface area contributed by atoms with E-state index in [4.69, 9.17) is 14.6 Å². The molecule has 0 aromatic carbocycles. The molecule has 0 amide bonds. The van der Waals surface area contributed by atoms with Crippen LogP contribution in [-0.2, 0) is 19.1 Å². The summed E-state index contributed by atoms with van der Waals surface area (Å²) in [6.45, 7) is 4.81. The molecule has 136 valence electrons. The van der Waals surface area contributed by atoms with E-state index in [2.05, 4.69) is 0 Å². The van der Waals surface area contributed by atoms with Crippen molar-refractivity contribution in [2.75, 3.05) is 33.0 Å². The highest BCUT2D eigenvalue weighted by molar-refractivity contribution is 5.80. The lowest BCUT2D eigenvalue weighted by Crippen LogP contribution is -2.15. The fourth-order valence-corrected chi connectivity index (χ4v) is 1.85. The number of carbonyl (C=O) groups is 2. The minimum Gasteiger partial charge on any atom is -0.389 e. The molecule has 0 spiro atoms. The van der Waals surface area contributed by atoms with Crippen LogP contribution in [0, 0.1) is 5.92 Å². The molecule has 0 aromatic rings. The van der Waals surface area contributed by atoms with Gasteiger partial charge in [0.15, 0.2) is 5.78 Å². The number of carbonyl (C=O) groups excluding carboxylic acids is 2. The molecule has 0 fully saturated rings. The SMILES string of the molecule is CC(C)C(=O)CCC(F)COCCCOCCCCC(=O)CO. The van der Waals surface area contributed by atoms with E-state index in [1.165, 1.54) is 0 Å². The Balaban J connectivity index is 3.29. The Morgan fingerprint density at radius 1 is 1.00 bits per heavy atom. The highest BCUT2D eigenvalue weighted by Crippen LogP contribution is 2.08. The molecule has 23 heavy (non-hydrogen) atoms. The van der Waals surface area contributed by atoms with E-state index in [-0.39, 0.29) is 43.5 Å². The van der Waals surface area contributed by atoms with Crippen molar-refractivity contribution in [3.8, 4) is 0 Å². The molecule has 0 aliphatic rings. The fourth-order valence-electron chi connectivity index (χ4n) is 1.85. The zero-order valence-corrected chi connectivity index (χ0v) is 14.4. The van der Waals surface area contributed by atoms with Gasteiger partial charge in [0.05, 0.1) is 6.61 Å². The van der Waals surface area contributed by atoms with Crippen LogP contribution in [-0.4, -0.2) is 55.9 Å². The Kier molecular flexibility index (Phi) is 14.2. The molecule has 1 atom stereocenters. The van der Waals surface area contributed by atoms with Gasteiger partial charge >= 0.3 is 0 Å². The predicted octanol–water partition coefficient (Wildman–Crippen LogP) is 2.48. The third-order valence-electron chi connectivity index (χ3n) is 3.39. The first-order chi connectivity index (χ1) is 11.0. The summed E-state index contributed by atoms with van der Waals surface area (Å²) >= 11 is 0. The summed E-state index contributed by atoms with van der Waals surface area (Å²) in [4.78, 5) is 22.2. The number of hydrogen-bond donors (Lipinski definition) is 1. The number of alkyl halides is 1. The average molecular weight is 334 g/mol. The van der Waals surface area contributed by atoms with Crippen molar-refractivity contribution < 1.29 is 28.6 Å². The van der Waals surface area contributed by atoms with Crippen LogP contribution in [0.2, 0.25) is 0 Å². The number of ether oxygens (including phenoxy) is 2. The second-order valence-corrected chi connectivity index (χ2v) is 5.95. The average Bonchev–Trinajstić information content (AvgIpc) is 2.53. The number of unbranched alkanes of at least 4 members (excludes halogenated alkanes) is 1. The van der Waals surface area contributed by atoms with E-state index in [0.717, 1.165) is 6.42 Å². The largest absolute Gasteiger partial charge is 0.389 e.